The van der Waals surface area contributed by atoms with E-state index in [4.69, 9.17) is 4.74 Å². The maximum Gasteiger partial charge on any atom is 0.0656 e. The minimum absolute atomic E-state index is 0.304. The van der Waals surface area contributed by atoms with E-state index in [2.05, 4.69) is 39.9 Å². The predicted octanol–water partition coefficient (Wildman–Crippen LogP) is 3.61. The Morgan fingerprint density at radius 2 is 1.94 bits per heavy atom. The molecule has 0 spiro atoms. The maximum atomic E-state index is 6.02. The molecular formula is C16H31NO. The molecule has 0 amide bonds. The van der Waals surface area contributed by atoms with Crippen molar-refractivity contribution in [2.24, 2.45) is 16.7 Å². The van der Waals surface area contributed by atoms with E-state index in [9.17, 15) is 0 Å². The van der Waals surface area contributed by atoms with Crippen molar-refractivity contribution in [2.75, 3.05) is 13.2 Å². The van der Waals surface area contributed by atoms with Crippen LogP contribution in [0.15, 0.2) is 0 Å². The molecule has 2 aliphatic rings. The van der Waals surface area contributed by atoms with Crippen molar-refractivity contribution in [3.8, 4) is 0 Å². The van der Waals surface area contributed by atoms with Gasteiger partial charge in [0.2, 0.25) is 0 Å². The summed E-state index contributed by atoms with van der Waals surface area (Å²) in [6.45, 7) is 13.6. The van der Waals surface area contributed by atoms with Crippen molar-refractivity contribution in [1.29, 1.82) is 0 Å². The average molecular weight is 253 g/mol. The van der Waals surface area contributed by atoms with Crippen molar-refractivity contribution >= 4 is 0 Å². The van der Waals surface area contributed by atoms with Gasteiger partial charge in [-0.05, 0) is 37.0 Å². The van der Waals surface area contributed by atoms with Crippen LogP contribution >= 0.6 is 0 Å². The zero-order valence-corrected chi connectivity index (χ0v) is 12.9. The lowest BCUT2D eigenvalue weighted by atomic mass is 9.64. The molecule has 106 valence electrons. The average Bonchev–Trinajstić information content (AvgIpc) is 3.07. The third kappa shape index (κ3) is 2.91. The van der Waals surface area contributed by atoms with Crippen LogP contribution in [-0.2, 0) is 4.74 Å². The van der Waals surface area contributed by atoms with Gasteiger partial charge in [0, 0.05) is 24.6 Å². The summed E-state index contributed by atoms with van der Waals surface area (Å²) in [6.07, 6.45) is 5.84. The molecule has 2 fully saturated rings. The fourth-order valence-corrected chi connectivity index (χ4v) is 3.00. The molecule has 0 aliphatic heterocycles. The molecular weight excluding hydrogens is 222 g/mol. The quantitative estimate of drug-likeness (QED) is 0.748. The van der Waals surface area contributed by atoms with Gasteiger partial charge in [0.15, 0.2) is 0 Å². The first kappa shape index (κ1) is 14.3. The van der Waals surface area contributed by atoms with Crippen LogP contribution in [0.4, 0.5) is 0 Å². The first-order chi connectivity index (χ1) is 8.39. The topological polar surface area (TPSA) is 21.3 Å². The lowest BCUT2D eigenvalue weighted by molar-refractivity contribution is -0.124. The molecule has 2 heteroatoms. The van der Waals surface area contributed by atoms with Gasteiger partial charge in [-0.15, -0.1) is 0 Å². The lowest BCUT2D eigenvalue weighted by Crippen LogP contribution is -2.61. The van der Waals surface area contributed by atoms with E-state index in [-0.39, 0.29) is 0 Å². The normalized spacial score (nSPS) is 32.3. The largest absolute Gasteiger partial charge is 0.377 e. The SMILES string of the molecule is CCC1(CNC2CC(OCC(C)C)C2(C)C)CC1. The Balaban J connectivity index is 1.73. The van der Waals surface area contributed by atoms with Crippen molar-refractivity contribution < 1.29 is 4.74 Å². The summed E-state index contributed by atoms with van der Waals surface area (Å²) >= 11 is 0. The van der Waals surface area contributed by atoms with E-state index in [0.717, 1.165) is 6.61 Å². The summed E-state index contributed by atoms with van der Waals surface area (Å²) in [5.41, 5.74) is 0.957. The minimum Gasteiger partial charge on any atom is -0.377 e. The Kier molecular flexibility index (Phi) is 4.08. The van der Waals surface area contributed by atoms with E-state index in [1.807, 2.05) is 0 Å². The van der Waals surface area contributed by atoms with Crippen LogP contribution in [0, 0.1) is 16.7 Å². The molecule has 2 nitrogen and oxygen atoms in total. The predicted molar refractivity (Wildman–Crippen MR) is 76.7 cm³/mol. The molecule has 0 heterocycles. The van der Waals surface area contributed by atoms with E-state index in [1.54, 1.807) is 0 Å². The van der Waals surface area contributed by atoms with Crippen molar-refractivity contribution in [2.45, 2.75) is 72.4 Å². The van der Waals surface area contributed by atoms with Crippen LogP contribution in [0.2, 0.25) is 0 Å². The van der Waals surface area contributed by atoms with Crippen LogP contribution in [-0.4, -0.2) is 25.3 Å². The molecule has 0 saturated heterocycles. The molecule has 1 N–H and O–H groups in total. The summed E-state index contributed by atoms with van der Waals surface area (Å²) < 4.78 is 6.02. The Hall–Kier alpha value is -0.0800. The highest BCUT2D eigenvalue weighted by atomic mass is 16.5. The maximum absolute atomic E-state index is 6.02. The molecule has 0 radical (unpaired) electrons. The summed E-state index contributed by atoms with van der Waals surface area (Å²) in [5.74, 6) is 0.641. The van der Waals surface area contributed by atoms with Gasteiger partial charge in [-0.1, -0.05) is 34.6 Å². The zero-order valence-electron chi connectivity index (χ0n) is 12.9. The number of hydrogen-bond donors (Lipinski definition) is 1. The number of nitrogens with one attached hydrogen (secondary N) is 1. The second-order valence-electron chi connectivity index (χ2n) is 7.56. The van der Waals surface area contributed by atoms with Gasteiger partial charge < -0.3 is 10.1 Å². The first-order valence-electron chi connectivity index (χ1n) is 7.74. The van der Waals surface area contributed by atoms with E-state index in [0.29, 0.717) is 28.9 Å². The van der Waals surface area contributed by atoms with Crippen LogP contribution in [0.1, 0.15) is 60.3 Å². The molecule has 0 aromatic carbocycles. The highest BCUT2D eigenvalue weighted by Crippen LogP contribution is 2.49. The van der Waals surface area contributed by atoms with Gasteiger partial charge in [-0.3, -0.25) is 0 Å². The smallest absolute Gasteiger partial charge is 0.0656 e. The molecule has 2 aliphatic carbocycles. The van der Waals surface area contributed by atoms with Gasteiger partial charge >= 0.3 is 0 Å². The minimum atomic E-state index is 0.304. The van der Waals surface area contributed by atoms with Gasteiger partial charge in [0.25, 0.3) is 0 Å². The van der Waals surface area contributed by atoms with Crippen LogP contribution in [0.25, 0.3) is 0 Å². The summed E-state index contributed by atoms with van der Waals surface area (Å²) in [6, 6.07) is 0.652. The molecule has 0 aromatic rings. The van der Waals surface area contributed by atoms with Gasteiger partial charge in [-0.25, -0.2) is 0 Å². The number of hydrogen-bond acceptors (Lipinski definition) is 2. The zero-order chi connectivity index (χ0) is 13.4. The summed E-state index contributed by atoms with van der Waals surface area (Å²) in [5, 5.41) is 3.80. The van der Waals surface area contributed by atoms with Gasteiger partial charge in [0.1, 0.15) is 0 Å². The summed E-state index contributed by atoms with van der Waals surface area (Å²) in [7, 11) is 0. The molecule has 0 aromatic heterocycles. The first-order valence-corrected chi connectivity index (χ1v) is 7.74. The molecule has 18 heavy (non-hydrogen) atoms. The van der Waals surface area contributed by atoms with Crippen LogP contribution in [0.3, 0.4) is 0 Å². The fraction of sp³-hybridized carbons (Fsp3) is 1.00. The highest BCUT2D eigenvalue weighted by Gasteiger charge is 2.50. The monoisotopic (exact) mass is 253 g/mol. The van der Waals surface area contributed by atoms with Crippen LogP contribution < -0.4 is 5.32 Å². The van der Waals surface area contributed by atoms with Crippen molar-refractivity contribution in [3.05, 3.63) is 0 Å². The fourth-order valence-electron chi connectivity index (χ4n) is 3.00. The van der Waals surface area contributed by atoms with Crippen LogP contribution in [0.5, 0.6) is 0 Å². The Morgan fingerprint density at radius 3 is 2.39 bits per heavy atom. The van der Waals surface area contributed by atoms with Crippen molar-refractivity contribution in [3.63, 3.8) is 0 Å². The number of ether oxygens (including phenoxy) is 1. The Labute approximate surface area is 113 Å². The van der Waals surface area contributed by atoms with E-state index < -0.39 is 0 Å². The molecule has 2 unspecified atom stereocenters. The third-order valence-corrected chi connectivity index (χ3v) is 5.24. The Morgan fingerprint density at radius 1 is 1.28 bits per heavy atom. The van der Waals surface area contributed by atoms with E-state index >= 15 is 0 Å². The second kappa shape index (κ2) is 5.13. The lowest BCUT2D eigenvalue weighted by Gasteiger charge is -2.52. The third-order valence-electron chi connectivity index (χ3n) is 5.24. The number of rotatable bonds is 7. The van der Waals surface area contributed by atoms with Crippen molar-refractivity contribution in [1.82, 2.24) is 5.32 Å². The molecule has 2 atom stereocenters. The van der Waals surface area contributed by atoms with Gasteiger partial charge in [0.05, 0.1) is 6.10 Å². The van der Waals surface area contributed by atoms with E-state index in [1.165, 1.54) is 32.2 Å². The molecule has 2 rings (SSSR count). The highest BCUT2D eigenvalue weighted by molar-refractivity contribution is 5.04. The molecule has 2 saturated carbocycles. The second-order valence-corrected chi connectivity index (χ2v) is 7.56. The molecule has 0 bridgehead atoms. The summed E-state index contributed by atoms with van der Waals surface area (Å²) in [4.78, 5) is 0. The Bertz CT molecular complexity index is 281. The van der Waals surface area contributed by atoms with Gasteiger partial charge in [-0.2, -0.15) is 0 Å². The standard InChI is InChI=1S/C16H31NO/c1-6-16(7-8-16)11-17-13-9-14(15(13,4)5)18-10-12(2)3/h12-14,17H,6-11H2,1-5H3.